The highest BCUT2D eigenvalue weighted by atomic mass is 16.4. The molecular formula is C21H30N6O5. The van der Waals surface area contributed by atoms with Crippen molar-refractivity contribution in [3.8, 4) is 5.75 Å². The molecule has 32 heavy (non-hydrogen) atoms. The first kappa shape index (κ1) is 24.8. The molecule has 11 heteroatoms. The molecule has 2 aromatic rings. The van der Waals surface area contributed by atoms with Crippen molar-refractivity contribution in [1.29, 1.82) is 0 Å². The van der Waals surface area contributed by atoms with Crippen LogP contribution in [-0.4, -0.2) is 62.6 Å². The highest BCUT2D eigenvalue weighted by molar-refractivity contribution is 5.91. The summed E-state index contributed by atoms with van der Waals surface area (Å²) < 4.78 is 0. The molecule has 2 rings (SSSR count). The summed E-state index contributed by atoms with van der Waals surface area (Å²) in [5.74, 6) is -2.30. The summed E-state index contributed by atoms with van der Waals surface area (Å²) in [6, 6.07) is 2.95. The van der Waals surface area contributed by atoms with E-state index in [0.29, 0.717) is 30.6 Å². The largest absolute Gasteiger partial charge is 0.508 e. The van der Waals surface area contributed by atoms with E-state index in [0.717, 1.165) is 0 Å². The summed E-state index contributed by atoms with van der Waals surface area (Å²) in [5, 5.41) is 24.0. The molecule has 3 atom stereocenters. The molecule has 174 valence electrons. The summed E-state index contributed by atoms with van der Waals surface area (Å²) in [4.78, 5) is 43.8. The van der Waals surface area contributed by atoms with Gasteiger partial charge in [-0.25, -0.2) is 9.78 Å². The van der Waals surface area contributed by atoms with Crippen LogP contribution < -0.4 is 22.1 Å². The zero-order chi connectivity index (χ0) is 23.5. The minimum Gasteiger partial charge on any atom is -0.508 e. The minimum atomic E-state index is -1.21. The number of carbonyl (C=O) groups is 3. The molecule has 0 saturated heterocycles. The average Bonchev–Trinajstić information content (AvgIpc) is 3.26. The number of hydrogen-bond donors (Lipinski definition) is 7. The first-order valence-electron chi connectivity index (χ1n) is 10.3. The zero-order valence-electron chi connectivity index (χ0n) is 17.7. The summed E-state index contributed by atoms with van der Waals surface area (Å²) in [6.07, 6.45) is 4.77. The van der Waals surface area contributed by atoms with Crippen molar-refractivity contribution in [2.24, 2.45) is 11.5 Å². The van der Waals surface area contributed by atoms with Gasteiger partial charge in [0.15, 0.2) is 0 Å². The van der Waals surface area contributed by atoms with Crippen molar-refractivity contribution in [2.45, 2.75) is 50.2 Å². The second kappa shape index (κ2) is 12.4. The number of aromatic amines is 1. The highest BCUT2D eigenvalue weighted by Crippen LogP contribution is 2.12. The van der Waals surface area contributed by atoms with Crippen LogP contribution in [0, 0.1) is 0 Å². The average molecular weight is 447 g/mol. The van der Waals surface area contributed by atoms with Crippen molar-refractivity contribution >= 4 is 17.8 Å². The Kier molecular flexibility index (Phi) is 9.64. The van der Waals surface area contributed by atoms with E-state index in [1.165, 1.54) is 18.5 Å². The lowest BCUT2D eigenvalue weighted by atomic mass is 10.0. The van der Waals surface area contributed by atoms with E-state index in [4.69, 9.17) is 11.5 Å². The number of aliphatic carboxylic acids is 1. The molecule has 9 N–H and O–H groups in total. The van der Waals surface area contributed by atoms with Gasteiger partial charge in [0.1, 0.15) is 17.8 Å². The fourth-order valence-corrected chi connectivity index (χ4v) is 3.11. The Hall–Kier alpha value is -3.44. The lowest BCUT2D eigenvalue weighted by Gasteiger charge is -2.23. The van der Waals surface area contributed by atoms with Gasteiger partial charge in [0, 0.05) is 24.7 Å². The van der Waals surface area contributed by atoms with Crippen LogP contribution in [0.1, 0.15) is 30.5 Å². The Morgan fingerprint density at radius 2 is 1.72 bits per heavy atom. The van der Waals surface area contributed by atoms with E-state index in [1.54, 1.807) is 18.3 Å². The Morgan fingerprint density at radius 3 is 2.31 bits per heavy atom. The number of benzene rings is 1. The van der Waals surface area contributed by atoms with Gasteiger partial charge < -0.3 is 37.3 Å². The van der Waals surface area contributed by atoms with Crippen LogP contribution >= 0.6 is 0 Å². The number of aromatic nitrogens is 2. The normalized spacial score (nSPS) is 13.7. The minimum absolute atomic E-state index is 0.0180. The van der Waals surface area contributed by atoms with Gasteiger partial charge in [-0.05, 0) is 43.5 Å². The van der Waals surface area contributed by atoms with E-state index in [1.807, 2.05) is 0 Å². The standard InChI is InChI=1S/C21H30N6O5/c22-8-2-1-3-17(26-19(29)16(23)10-14-11-24-12-25-14)20(30)27-18(21(31)32)9-13-4-6-15(28)7-5-13/h4-7,11-12,16-18,28H,1-3,8-10,22-23H2,(H,24,25)(H,26,29)(H,27,30)(H,31,32). The third-order valence-corrected chi connectivity index (χ3v) is 4.90. The number of imidazole rings is 1. The number of unbranched alkanes of at least 4 members (excludes halogenated alkanes) is 1. The Bertz CT molecular complexity index is 871. The molecule has 0 bridgehead atoms. The molecule has 3 unspecified atom stereocenters. The molecule has 0 radical (unpaired) electrons. The number of carboxylic acid groups (broad SMARTS) is 1. The van der Waals surface area contributed by atoms with Gasteiger partial charge in [0.2, 0.25) is 11.8 Å². The van der Waals surface area contributed by atoms with Gasteiger partial charge in [-0.2, -0.15) is 0 Å². The molecule has 0 aliphatic carbocycles. The zero-order valence-corrected chi connectivity index (χ0v) is 17.7. The van der Waals surface area contributed by atoms with E-state index in [-0.39, 0.29) is 25.0 Å². The smallest absolute Gasteiger partial charge is 0.326 e. The molecule has 2 amide bonds. The molecule has 1 heterocycles. The number of aromatic hydroxyl groups is 1. The van der Waals surface area contributed by atoms with Crippen LogP contribution in [0.4, 0.5) is 0 Å². The van der Waals surface area contributed by atoms with Crippen LogP contribution in [0.2, 0.25) is 0 Å². The second-order valence-electron chi connectivity index (χ2n) is 7.50. The number of H-pyrrole nitrogens is 1. The fraction of sp³-hybridized carbons (Fsp3) is 0.429. The second-order valence-corrected chi connectivity index (χ2v) is 7.50. The van der Waals surface area contributed by atoms with Crippen LogP contribution in [0.5, 0.6) is 5.75 Å². The van der Waals surface area contributed by atoms with Crippen LogP contribution in [0.15, 0.2) is 36.8 Å². The molecule has 0 aliphatic rings. The number of phenols is 1. The maximum atomic E-state index is 12.9. The molecule has 11 nitrogen and oxygen atoms in total. The quantitative estimate of drug-likeness (QED) is 0.198. The predicted octanol–water partition coefficient (Wildman–Crippen LogP) is -0.589. The lowest BCUT2D eigenvalue weighted by molar-refractivity contribution is -0.142. The maximum Gasteiger partial charge on any atom is 0.326 e. The first-order chi connectivity index (χ1) is 15.3. The van der Waals surface area contributed by atoms with Crippen molar-refractivity contribution in [3.63, 3.8) is 0 Å². The fourth-order valence-electron chi connectivity index (χ4n) is 3.11. The maximum absolute atomic E-state index is 12.9. The molecule has 1 aromatic carbocycles. The van der Waals surface area contributed by atoms with Crippen molar-refractivity contribution in [1.82, 2.24) is 20.6 Å². The number of amides is 2. The summed E-state index contributed by atoms with van der Waals surface area (Å²) in [6.45, 7) is 0.431. The lowest BCUT2D eigenvalue weighted by Crippen LogP contribution is -2.55. The first-order valence-corrected chi connectivity index (χ1v) is 10.3. The van der Waals surface area contributed by atoms with E-state index < -0.39 is 35.9 Å². The molecule has 0 fully saturated rings. The van der Waals surface area contributed by atoms with Gasteiger partial charge in [-0.15, -0.1) is 0 Å². The van der Waals surface area contributed by atoms with E-state index in [9.17, 15) is 24.6 Å². The Labute approximate surface area is 185 Å². The number of carbonyl (C=O) groups excluding carboxylic acids is 2. The Balaban J connectivity index is 2.03. The number of rotatable bonds is 13. The monoisotopic (exact) mass is 446 g/mol. The van der Waals surface area contributed by atoms with Crippen LogP contribution in [0.25, 0.3) is 0 Å². The number of carboxylic acids is 1. The number of nitrogens with zero attached hydrogens (tertiary/aromatic N) is 1. The van der Waals surface area contributed by atoms with Gasteiger partial charge in [-0.1, -0.05) is 12.1 Å². The number of nitrogens with one attached hydrogen (secondary N) is 3. The summed E-state index contributed by atoms with van der Waals surface area (Å²) in [7, 11) is 0. The van der Waals surface area contributed by atoms with Crippen molar-refractivity contribution < 1.29 is 24.6 Å². The summed E-state index contributed by atoms with van der Waals surface area (Å²) >= 11 is 0. The molecule has 0 aliphatic heterocycles. The van der Waals surface area contributed by atoms with Gasteiger partial charge in [0.25, 0.3) is 0 Å². The molecule has 0 saturated carbocycles. The van der Waals surface area contributed by atoms with E-state index >= 15 is 0 Å². The van der Waals surface area contributed by atoms with E-state index in [2.05, 4.69) is 20.6 Å². The molecule has 1 aromatic heterocycles. The van der Waals surface area contributed by atoms with Crippen LogP contribution in [-0.2, 0) is 27.2 Å². The number of phenolic OH excluding ortho intramolecular Hbond substituents is 1. The summed E-state index contributed by atoms with van der Waals surface area (Å²) in [5.41, 5.74) is 12.8. The SMILES string of the molecule is NCCCCC(NC(=O)C(N)Cc1cnc[nH]1)C(=O)NC(Cc1ccc(O)cc1)C(=O)O. The topological polar surface area (TPSA) is 196 Å². The predicted molar refractivity (Wildman–Crippen MR) is 116 cm³/mol. The van der Waals surface area contributed by atoms with Crippen LogP contribution in [0.3, 0.4) is 0 Å². The van der Waals surface area contributed by atoms with Crippen molar-refractivity contribution in [2.75, 3.05) is 6.54 Å². The third kappa shape index (κ3) is 8.00. The van der Waals surface area contributed by atoms with Gasteiger partial charge >= 0.3 is 5.97 Å². The van der Waals surface area contributed by atoms with Gasteiger partial charge in [0.05, 0.1) is 12.4 Å². The highest BCUT2D eigenvalue weighted by Gasteiger charge is 2.28. The number of hydrogen-bond acceptors (Lipinski definition) is 7. The van der Waals surface area contributed by atoms with Crippen molar-refractivity contribution in [3.05, 3.63) is 48.0 Å². The Morgan fingerprint density at radius 1 is 1.03 bits per heavy atom. The molecular weight excluding hydrogens is 416 g/mol. The molecule has 0 spiro atoms. The number of nitrogens with two attached hydrogens (primary N) is 2. The third-order valence-electron chi connectivity index (χ3n) is 4.90. The van der Waals surface area contributed by atoms with Gasteiger partial charge in [-0.3, -0.25) is 9.59 Å².